The van der Waals surface area contributed by atoms with Crippen molar-refractivity contribution in [3.63, 3.8) is 0 Å². The summed E-state index contributed by atoms with van der Waals surface area (Å²) in [7, 11) is 0. The maximum atomic E-state index is 6.23. The van der Waals surface area contributed by atoms with E-state index in [4.69, 9.17) is 23.2 Å². The lowest BCUT2D eigenvalue weighted by Gasteiger charge is -2.15. The second-order valence-electron chi connectivity index (χ2n) is 3.67. The zero-order valence-corrected chi connectivity index (χ0v) is 9.65. The van der Waals surface area contributed by atoms with Gasteiger partial charge in [-0.2, -0.15) is 0 Å². The first-order valence-corrected chi connectivity index (χ1v) is 5.24. The SMILES string of the molecule is Cc1ccc(Cl)c(C(Cl)C(C)C)c1. The molecular formula is C11H14Cl2. The Morgan fingerprint density at radius 3 is 2.38 bits per heavy atom. The quantitative estimate of drug-likeness (QED) is 0.636. The van der Waals surface area contributed by atoms with Crippen LogP contribution in [-0.2, 0) is 0 Å². The molecule has 0 aliphatic rings. The molecule has 0 radical (unpaired) electrons. The maximum Gasteiger partial charge on any atom is 0.0622 e. The third kappa shape index (κ3) is 2.62. The summed E-state index contributed by atoms with van der Waals surface area (Å²) in [5.41, 5.74) is 2.24. The number of hydrogen-bond donors (Lipinski definition) is 0. The molecule has 13 heavy (non-hydrogen) atoms. The predicted octanol–water partition coefficient (Wildman–Crippen LogP) is 4.58. The second-order valence-corrected chi connectivity index (χ2v) is 4.55. The van der Waals surface area contributed by atoms with E-state index in [0.717, 1.165) is 10.6 Å². The van der Waals surface area contributed by atoms with Crippen LogP contribution in [0.2, 0.25) is 5.02 Å². The number of alkyl halides is 1. The molecule has 1 aromatic carbocycles. The van der Waals surface area contributed by atoms with E-state index in [9.17, 15) is 0 Å². The van der Waals surface area contributed by atoms with Crippen molar-refractivity contribution >= 4 is 23.2 Å². The molecule has 1 aromatic rings. The molecule has 0 aliphatic heterocycles. The molecule has 0 aliphatic carbocycles. The van der Waals surface area contributed by atoms with E-state index >= 15 is 0 Å². The van der Waals surface area contributed by atoms with Crippen molar-refractivity contribution in [2.75, 3.05) is 0 Å². The summed E-state index contributed by atoms with van der Waals surface area (Å²) in [5.74, 6) is 0.404. The average Bonchev–Trinajstić information content (AvgIpc) is 2.08. The van der Waals surface area contributed by atoms with E-state index in [1.54, 1.807) is 0 Å². The summed E-state index contributed by atoms with van der Waals surface area (Å²) in [5, 5.41) is 0.770. The molecule has 0 fully saturated rings. The third-order valence-electron chi connectivity index (χ3n) is 2.03. The summed E-state index contributed by atoms with van der Waals surface area (Å²) < 4.78 is 0. The van der Waals surface area contributed by atoms with Crippen molar-refractivity contribution in [2.45, 2.75) is 26.1 Å². The van der Waals surface area contributed by atoms with Crippen LogP contribution in [-0.4, -0.2) is 0 Å². The fourth-order valence-corrected chi connectivity index (χ4v) is 1.71. The van der Waals surface area contributed by atoms with Crippen molar-refractivity contribution in [1.29, 1.82) is 0 Å². The minimum atomic E-state index is 0.00685. The van der Waals surface area contributed by atoms with Crippen LogP contribution < -0.4 is 0 Å². The van der Waals surface area contributed by atoms with Crippen LogP contribution in [0.15, 0.2) is 18.2 Å². The Bertz CT molecular complexity index is 292. The molecule has 0 aromatic heterocycles. The lowest BCUT2D eigenvalue weighted by atomic mass is 10.0. The molecule has 0 saturated carbocycles. The number of hydrogen-bond acceptors (Lipinski definition) is 0. The largest absolute Gasteiger partial charge is 0.117 e. The summed E-state index contributed by atoms with van der Waals surface area (Å²) in [6.07, 6.45) is 0. The van der Waals surface area contributed by atoms with Crippen LogP contribution in [0.1, 0.15) is 30.4 Å². The molecule has 1 unspecified atom stereocenters. The molecule has 0 N–H and O–H groups in total. The van der Waals surface area contributed by atoms with Crippen molar-refractivity contribution < 1.29 is 0 Å². The van der Waals surface area contributed by atoms with E-state index in [0.29, 0.717) is 5.92 Å². The van der Waals surface area contributed by atoms with Crippen LogP contribution in [0.5, 0.6) is 0 Å². The standard InChI is InChI=1S/C11H14Cl2/c1-7(2)11(13)9-6-8(3)4-5-10(9)12/h4-7,11H,1-3H3. The first-order chi connectivity index (χ1) is 6.02. The van der Waals surface area contributed by atoms with Gasteiger partial charge in [0.1, 0.15) is 0 Å². The van der Waals surface area contributed by atoms with Gasteiger partial charge >= 0.3 is 0 Å². The van der Waals surface area contributed by atoms with E-state index in [-0.39, 0.29) is 5.38 Å². The zero-order valence-electron chi connectivity index (χ0n) is 8.14. The Hall–Kier alpha value is -0.200. The van der Waals surface area contributed by atoms with Gasteiger partial charge in [-0.3, -0.25) is 0 Å². The fourth-order valence-electron chi connectivity index (χ4n) is 1.23. The normalized spacial score (nSPS) is 13.4. The van der Waals surface area contributed by atoms with Gasteiger partial charge in [-0.1, -0.05) is 43.1 Å². The number of rotatable bonds is 2. The Kier molecular flexibility index (Phi) is 3.63. The van der Waals surface area contributed by atoms with E-state index in [2.05, 4.69) is 19.9 Å². The monoisotopic (exact) mass is 216 g/mol. The highest BCUT2D eigenvalue weighted by Crippen LogP contribution is 2.33. The Morgan fingerprint density at radius 1 is 1.23 bits per heavy atom. The number of halogens is 2. The minimum absolute atomic E-state index is 0.00685. The zero-order chi connectivity index (χ0) is 10.0. The molecule has 2 heteroatoms. The van der Waals surface area contributed by atoms with Gasteiger partial charge in [-0.05, 0) is 24.5 Å². The summed E-state index contributed by atoms with van der Waals surface area (Å²) in [6.45, 7) is 6.23. The molecule has 0 amide bonds. The van der Waals surface area contributed by atoms with Gasteiger partial charge in [-0.15, -0.1) is 11.6 Å². The lowest BCUT2D eigenvalue weighted by Crippen LogP contribution is -2.00. The summed E-state index contributed by atoms with van der Waals surface area (Å²) in [4.78, 5) is 0. The molecule has 72 valence electrons. The van der Waals surface area contributed by atoms with Gasteiger partial charge in [0.05, 0.1) is 5.38 Å². The maximum absolute atomic E-state index is 6.23. The molecule has 0 saturated heterocycles. The van der Waals surface area contributed by atoms with Gasteiger partial charge in [0.25, 0.3) is 0 Å². The third-order valence-corrected chi connectivity index (χ3v) is 3.12. The highest BCUT2D eigenvalue weighted by atomic mass is 35.5. The lowest BCUT2D eigenvalue weighted by molar-refractivity contribution is 0.624. The van der Waals surface area contributed by atoms with Crippen LogP contribution in [0.25, 0.3) is 0 Å². The van der Waals surface area contributed by atoms with Gasteiger partial charge in [0, 0.05) is 5.02 Å². The van der Waals surface area contributed by atoms with Crippen LogP contribution >= 0.6 is 23.2 Å². The van der Waals surface area contributed by atoms with Gasteiger partial charge < -0.3 is 0 Å². The first kappa shape index (κ1) is 10.9. The highest BCUT2D eigenvalue weighted by Gasteiger charge is 2.15. The van der Waals surface area contributed by atoms with Crippen molar-refractivity contribution in [2.24, 2.45) is 5.92 Å². The first-order valence-electron chi connectivity index (χ1n) is 4.42. The predicted molar refractivity (Wildman–Crippen MR) is 59.6 cm³/mol. The second kappa shape index (κ2) is 4.34. The number of aryl methyl sites for hydroxylation is 1. The molecule has 1 rings (SSSR count). The van der Waals surface area contributed by atoms with Gasteiger partial charge in [0.2, 0.25) is 0 Å². The van der Waals surface area contributed by atoms with E-state index in [1.807, 2.05) is 19.1 Å². The molecule has 0 bridgehead atoms. The van der Waals surface area contributed by atoms with Gasteiger partial charge in [0.15, 0.2) is 0 Å². The van der Waals surface area contributed by atoms with Crippen LogP contribution in [0, 0.1) is 12.8 Å². The Morgan fingerprint density at radius 2 is 1.85 bits per heavy atom. The van der Waals surface area contributed by atoms with Crippen molar-refractivity contribution in [1.82, 2.24) is 0 Å². The molecule has 1 atom stereocenters. The van der Waals surface area contributed by atoms with Crippen molar-refractivity contribution in [3.8, 4) is 0 Å². The van der Waals surface area contributed by atoms with Crippen LogP contribution in [0.4, 0.5) is 0 Å². The smallest absolute Gasteiger partial charge is 0.0622 e. The number of benzene rings is 1. The summed E-state index contributed by atoms with van der Waals surface area (Å²) in [6, 6.07) is 5.96. The molecule has 0 spiro atoms. The average molecular weight is 217 g/mol. The highest BCUT2D eigenvalue weighted by molar-refractivity contribution is 6.32. The van der Waals surface area contributed by atoms with E-state index < -0.39 is 0 Å². The molecule has 0 nitrogen and oxygen atoms in total. The minimum Gasteiger partial charge on any atom is -0.117 e. The molecule has 0 heterocycles. The van der Waals surface area contributed by atoms with Crippen LogP contribution in [0.3, 0.4) is 0 Å². The Labute approximate surface area is 89.9 Å². The Balaban J connectivity index is 3.05. The van der Waals surface area contributed by atoms with Gasteiger partial charge in [-0.25, -0.2) is 0 Å². The fraction of sp³-hybridized carbons (Fsp3) is 0.455. The van der Waals surface area contributed by atoms with Crippen molar-refractivity contribution in [3.05, 3.63) is 34.3 Å². The topological polar surface area (TPSA) is 0 Å². The van der Waals surface area contributed by atoms with E-state index in [1.165, 1.54) is 5.56 Å². The molecular weight excluding hydrogens is 203 g/mol. The summed E-state index contributed by atoms with van der Waals surface area (Å²) >= 11 is 12.3.